The van der Waals surface area contributed by atoms with Gasteiger partial charge in [-0.25, -0.2) is 4.73 Å². The van der Waals surface area contributed by atoms with Crippen LogP contribution < -0.4 is 20.5 Å². The molecule has 6 nitrogen and oxygen atoms in total. The van der Waals surface area contributed by atoms with E-state index in [0.29, 0.717) is 23.0 Å². The fourth-order valence-corrected chi connectivity index (χ4v) is 2.37. The highest BCUT2D eigenvalue weighted by Gasteiger charge is 2.10. The Labute approximate surface area is 140 Å². The molecular weight excluding hydrogens is 292 g/mol. The summed E-state index contributed by atoms with van der Waals surface area (Å²) in [5, 5.41) is 15.0. The van der Waals surface area contributed by atoms with Gasteiger partial charge in [0.1, 0.15) is 0 Å². The zero-order valence-corrected chi connectivity index (χ0v) is 14.6. The molecule has 0 saturated heterocycles. The van der Waals surface area contributed by atoms with Crippen LogP contribution in [-0.2, 0) is 0 Å². The van der Waals surface area contributed by atoms with Crippen molar-refractivity contribution >= 4 is 11.8 Å². The highest BCUT2D eigenvalue weighted by molar-refractivity contribution is 5.36. The summed E-state index contributed by atoms with van der Waals surface area (Å²) >= 11 is 0. The highest BCUT2D eigenvalue weighted by Crippen LogP contribution is 2.14. The van der Waals surface area contributed by atoms with Gasteiger partial charge in [0, 0.05) is 6.54 Å². The van der Waals surface area contributed by atoms with Gasteiger partial charge in [0.15, 0.2) is 0 Å². The quantitative estimate of drug-likeness (QED) is 0.328. The minimum atomic E-state index is -0.0861. The molecule has 1 aromatic rings. The third-order valence-corrected chi connectivity index (χ3v) is 3.70. The molecule has 0 aliphatic rings. The number of ether oxygens (including phenoxy) is 1. The van der Waals surface area contributed by atoms with Gasteiger partial charge in [-0.1, -0.05) is 63.8 Å². The summed E-state index contributed by atoms with van der Waals surface area (Å²) in [6.07, 6.45) is 11.0. The molecule has 0 spiro atoms. The van der Waals surface area contributed by atoms with E-state index in [0.717, 1.165) is 19.4 Å². The highest BCUT2D eigenvalue weighted by atomic mass is 16.5. The van der Waals surface area contributed by atoms with Crippen molar-refractivity contribution < 1.29 is 9.47 Å². The first kappa shape index (κ1) is 19.3. The summed E-state index contributed by atoms with van der Waals surface area (Å²) in [4.78, 5) is 3.93. The van der Waals surface area contributed by atoms with Crippen LogP contribution >= 0.6 is 0 Å². The van der Waals surface area contributed by atoms with Gasteiger partial charge in [0.25, 0.3) is 5.88 Å². The predicted molar refractivity (Wildman–Crippen MR) is 94.5 cm³/mol. The molecule has 1 aromatic heterocycles. The smallest absolute Gasteiger partial charge is 0.347 e. The summed E-state index contributed by atoms with van der Waals surface area (Å²) in [5.41, 5.74) is 5.62. The average molecular weight is 324 g/mol. The number of nitrogens with one attached hydrogen (secondary N) is 1. The molecule has 0 amide bonds. The standard InChI is InChI=1S/C17H32N4O2/c1-3-5-6-7-8-9-10-11-12-19-15-14-16(23-13-4-2)20-17(18)21(15)22/h14,19H,3-13H2,1-2H3,(H2,18,20). The predicted octanol–water partition coefficient (Wildman–Crippen LogP) is 3.64. The molecule has 132 valence electrons. The lowest BCUT2D eigenvalue weighted by molar-refractivity contribution is -0.577. The molecule has 0 unspecified atom stereocenters. The van der Waals surface area contributed by atoms with Gasteiger partial charge >= 0.3 is 5.95 Å². The second-order valence-electron chi connectivity index (χ2n) is 5.88. The zero-order chi connectivity index (χ0) is 16.9. The van der Waals surface area contributed by atoms with E-state index in [9.17, 15) is 5.21 Å². The van der Waals surface area contributed by atoms with Crippen LogP contribution in [0.25, 0.3) is 0 Å². The van der Waals surface area contributed by atoms with Crippen LogP contribution in [0.1, 0.15) is 71.6 Å². The fraction of sp³-hybridized carbons (Fsp3) is 0.765. The molecule has 0 atom stereocenters. The van der Waals surface area contributed by atoms with Crippen LogP contribution in [0.15, 0.2) is 6.07 Å². The molecule has 0 saturated carbocycles. The topological polar surface area (TPSA) is 87.1 Å². The maximum absolute atomic E-state index is 11.9. The lowest BCUT2D eigenvalue weighted by Gasteiger charge is -2.14. The van der Waals surface area contributed by atoms with E-state index in [1.165, 1.54) is 44.9 Å². The Morgan fingerprint density at radius 2 is 1.74 bits per heavy atom. The van der Waals surface area contributed by atoms with Crippen LogP contribution in [0.4, 0.5) is 11.8 Å². The molecule has 6 heteroatoms. The summed E-state index contributed by atoms with van der Waals surface area (Å²) in [6.45, 7) is 5.57. The van der Waals surface area contributed by atoms with E-state index in [2.05, 4.69) is 17.2 Å². The molecule has 0 aliphatic carbocycles. The summed E-state index contributed by atoms with van der Waals surface area (Å²) in [5.74, 6) is 0.721. The van der Waals surface area contributed by atoms with E-state index >= 15 is 0 Å². The number of unbranched alkanes of at least 4 members (excludes halogenated alkanes) is 7. The van der Waals surface area contributed by atoms with Gasteiger partial charge in [-0.05, 0) is 12.8 Å². The molecule has 0 aliphatic heterocycles. The number of hydrogen-bond acceptors (Lipinski definition) is 5. The van der Waals surface area contributed by atoms with Crippen molar-refractivity contribution in [2.75, 3.05) is 24.2 Å². The van der Waals surface area contributed by atoms with Gasteiger partial charge in [0.2, 0.25) is 5.82 Å². The molecule has 0 bridgehead atoms. The minimum absolute atomic E-state index is 0.0861. The maximum Gasteiger partial charge on any atom is 0.347 e. The van der Waals surface area contributed by atoms with Gasteiger partial charge in [-0.2, -0.15) is 0 Å². The largest absolute Gasteiger partial charge is 0.754 e. The van der Waals surface area contributed by atoms with E-state index in [1.807, 2.05) is 6.92 Å². The van der Waals surface area contributed by atoms with Crippen LogP contribution in [0, 0.1) is 5.21 Å². The Kier molecular flexibility index (Phi) is 9.91. The molecule has 0 radical (unpaired) electrons. The van der Waals surface area contributed by atoms with Crippen molar-refractivity contribution in [3.05, 3.63) is 11.3 Å². The Morgan fingerprint density at radius 1 is 1.09 bits per heavy atom. The van der Waals surface area contributed by atoms with E-state index in [1.54, 1.807) is 6.07 Å². The van der Waals surface area contributed by atoms with E-state index in [-0.39, 0.29) is 5.95 Å². The molecule has 23 heavy (non-hydrogen) atoms. The maximum atomic E-state index is 11.9. The van der Waals surface area contributed by atoms with Crippen molar-refractivity contribution in [2.24, 2.45) is 0 Å². The Hall–Kier alpha value is -1.72. The number of nitrogens with two attached hydrogens (primary N) is 1. The summed E-state index contributed by atoms with van der Waals surface area (Å²) in [7, 11) is 0. The van der Waals surface area contributed by atoms with Crippen LogP contribution in [-0.4, -0.2) is 18.1 Å². The number of aromatic nitrogens is 2. The molecule has 0 aromatic carbocycles. The van der Waals surface area contributed by atoms with E-state index < -0.39 is 0 Å². The van der Waals surface area contributed by atoms with Gasteiger partial charge in [0.05, 0.1) is 12.7 Å². The van der Waals surface area contributed by atoms with Crippen molar-refractivity contribution in [3.8, 4) is 5.88 Å². The Balaban J connectivity index is 2.27. The van der Waals surface area contributed by atoms with Crippen molar-refractivity contribution in [1.29, 1.82) is 0 Å². The Morgan fingerprint density at radius 3 is 2.39 bits per heavy atom. The van der Waals surface area contributed by atoms with Gasteiger partial charge in [-0.3, -0.25) is 0 Å². The zero-order valence-electron chi connectivity index (χ0n) is 14.6. The number of rotatable bonds is 13. The summed E-state index contributed by atoms with van der Waals surface area (Å²) < 4.78 is 6.05. The second kappa shape index (κ2) is 11.8. The monoisotopic (exact) mass is 324 g/mol. The number of hydrogen-bond donors (Lipinski definition) is 2. The minimum Gasteiger partial charge on any atom is -0.754 e. The van der Waals surface area contributed by atoms with Crippen molar-refractivity contribution in [2.45, 2.75) is 71.6 Å². The number of nitrogens with zero attached hydrogens (tertiary/aromatic N) is 2. The first-order valence-electron chi connectivity index (χ1n) is 8.95. The average Bonchev–Trinajstić information content (AvgIpc) is 2.55. The lowest BCUT2D eigenvalue weighted by atomic mass is 10.1. The normalized spacial score (nSPS) is 10.7. The molecule has 1 rings (SSSR count). The summed E-state index contributed by atoms with van der Waals surface area (Å²) in [6, 6.07) is 1.61. The van der Waals surface area contributed by atoms with Crippen LogP contribution in [0.5, 0.6) is 5.88 Å². The fourth-order valence-electron chi connectivity index (χ4n) is 2.37. The third-order valence-electron chi connectivity index (χ3n) is 3.70. The van der Waals surface area contributed by atoms with Crippen LogP contribution in [0.3, 0.4) is 0 Å². The first-order chi connectivity index (χ1) is 11.2. The van der Waals surface area contributed by atoms with Crippen molar-refractivity contribution in [1.82, 2.24) is 4.98 Å². The van der Waals surface area contributed by atoms with Gasteiger partial charge < -0.3 is 21.0 Å². The van der Waals surface area contributed by atoms with E-state index in [4.69, 9.17) is 10.5 Å². The lowest BCUT2D eigenvalue weighted by Crippen LogP contribution is -2.36. The van der Waals surface area contributed by atoms with Crippen molar-refractivity contribution in [3.63, 3.8) is 0 Å². The number of nitrogen functional groups attached to an aromatic ring is 1. The molecule has 3 N–H and O–H groups in total. The first-order valence-corrected chi connectivity index (χ1v) is 8.95. The molecular formula is C17H32N4O2. The third kappa shape index (κ3) is 7.90. The molecule has 0 fully saturated rings. The van der Waals surface area contributed by atoms with Gasteiger partial charge in [-0.15, -0.1) is 0 Å². The SMILES string of the molecule is CCCCCCCCCCNc1cc(OCCC)nc(N)[n+]1[O-]. The molecule has 1 heterocycles. The van der Waals surface area contributed by atoms with Crippen LogP contribution in [0.2, 0.25) is 0 Å². The second-order valence-corrected chi connectivity index (χ2v) is 5.88. The number of anilines is 2. The Bertz CT molecular complexity index is 441.